The van der Waals surface area contributed by atoms with Gasteiger partial charge in [0.2, 0.25) is 0 Å². The van der Waals surface area contributed by atoms with Crippen LogP contribution in [-0.2, 0) is 12.8 Å². The topological polar surface area (TPSA) is 48.9 Å². The smallest absolute Gasteiger partial charge is 0.191 e. The highest BCUT2D eigenvalue weighted by molar-refractivity contribution is 5.79. The molecule has 1 aromatic carbocycles. The zero-order valence-corrected chi connectivity index (χ0v) is 16.4. The number of hydrogen-bond donors (Lipinski definition) is 2. The molecule has 1 atom stereocenters. The van der Waals surface area contributed by atoms with Crippen LogP contribution < -0.4 is 15.4 Å². The van der Waals surface area contributed by atoms with E-state index >= 15 is 0 Å². The van der Waals surface area contributed by atoms with Crippen molar-refractivity contribution in [3.8, 4) is 5.75 Å². The Morgan fingerprint density at radius 1 is 1.27 bits per heavy atom. The highest BCUT2D eigenvalue weighted by atomic mass is 16.5. The van der Waals surface area contributed by atoms with Crippen LogP contribution in [0.4, 0.5) is 0 Å². The van der Waals surface area contributed by atoms with Crippen LogP contribution in [0.1, 0.15) is 44.2 Å². The summed E-state index contributed by atoms with van der Waals surface area (Å²) in [6.07, 6.45) is 5.98. The van der Waals surface area contributed by atoms with Gasteiger partial charge in [-0.1, -0.05) is 25.5 Å². The molecule has 0 aromatic heterocycles. The Labute approximate surface area is 158 Å². The Kier molecular flexibility index (Phi) is 7.18. The number of nitrogens with one attached hydrogen (secondary N) is 2. The molecule has 26 heavy (non-hydrogen) atoms. The lowest BCUT2D eigenvalue weighted by atomic mass is 10.0. The van der Waals surface area contributed by atoms with Gasteiger partial charge < -0.3 is 15.4 Å². The lowest BCUT2D eigenvalue weighted by molar-refractivity contribution is 0.161. The molecule has 1 saturated heterocycles. The fourth-order valence-corrected chi connectivity index (χ4v) is 3.94. The quantitative estimate of drug-likeness (QED) is 0.581. The third-order valence-corrected chi connectivity index (χ3v) is 5.42. The summed E-state index contributed by atoms with van der Waals surface area (Å²) in [5.41, 5.74) is 2.71. The molecule has 0 saturated carbocycles. The van der Waals surface area contributed by atoms with Crippen molar-refractivity contribution in [2.24, 2.45) is 4.99 Å². The first-order valence-electron chi connectivity index (χ1n) is 10.3. The summed E-state index contributed by atoms with van der Waals surface area (Å²) in [5, 5.41) is 6.88. The van der Waals surface area contributed by atoms with Crippen LogP contribution in [0.2, 0.25) is 0 Å². The Bertz CT molecular complexity index is 602. The van der Waals surface area contributed by atoms with Crippen LogP contribution in [0.5, 0.6) is 5.75 Å². The highest BCUT2D eigenvalue weighted by Crippen LogP contribution is 2.25. The molecule has 3 rings (SSSR count). The molecule has 2 heterocycles. The van der Waals surface area contributed by atoms with Crippen LogP contribution in [0, 0.1) is 0 Å². The number of nitrogens with zero attached hydrogens (tertiary/aromatic N) is 2. The molecule has 1 fully saturated rings. The number of guanidine groups is 1. The Morgan fingerprint density at radius 2 is 2.19 bits per heavy atom. The number of piperidine rings is 1. The Balaban J connectivity index is 1.49. The van der Waals surface area contributed by atoms with Gasteiger partial charge in [0.15, 0.2) is 5.96 Å². The molecule has 2 aliphatic rings. The van der Waals surface area contributed by atoms with Gasteiger partial charge in [0, 0.05) is 25.6 Å². The van der Waals surface area contributed by atoms with Crippen molar-refractivity contribution >= 4 is 5.96 Å². The van der Waals surface area contributed by atoms with Gasteiger partial charge in [-0.3, -0.25) is 9.89 Å². The van der Waals surface area contributed by atoms with Gasteiger partial charge in [0.05, 0.1) is 13.2 Å². The predicted molar refractivity (Wildman–Crippen MR) is 108 cm³/mol. The van der Waals surface area contributed by atoms with Crippen molar-refractivity contribution < 1.29 is 4.74 Å². The summed E-state index contributed by atoms with van der Waals surface area (Å²) in [4.78, 5) is 7.43. The van der Waals surface area contributed by atoms with E-state index < -0.39 is 0 Å². The summed E-state index contributed by atoms with van der Waals surface area (Å²) in [7, 11) is 0. The van der Waals surface area contributed by atoms with E-state index in [0.29, 0.717) is 6.04 Å². The van der Waals surface area contributed by atoms with E-state index in [9.17, 15) is 0 Å². The van der Waals surface area contributed by atoms with Crippen molar-refractivity contribution in [3.63, 3.8) is 0 Å². The van der Waals surface area contributed by atoms with E-state index in [2.05, 4.69) is 47.6 Å². The van der Waals surface area contributed by atoms with E-state index in [1.807, 2.05) is 0 Å². The van der Waals surface area contributed by atoms with Gasteiger partial charge in [0.1, 0.15) is 5.75 Å². The summed E-state index contributed by atoms with van der Waals surface area (Å²) in [6, 6.07) is 7.17. The van der Waals surface area contributed by atoms with Crippen molar-refractivity contribution in [3.05, 3.63) is 29.3 Å². The van der Waals surface area contributed by atoms with E-state index in [-0.39, 0.29) is 0 Å². The third kappa shape index (κ3) is 5.13. The molecular formula is C21H34N4O. The second-order valence-corrected chi connectivity index (χ2v) is 7.22. The van der Waals surface area contributed by atoms with Gasteiger partial charge in [-0.05, 0) is 56.5 Å². The van der Waals surface area contributed by atoms with Gasteiger partial charge in [0.25, 0.3) is 0 Å². The molecule has 5 heteroatoms. The number of ether oxygens (including phenoxy) is 1. The van der Waals surface area contributed by atoms with Crippen molar-refractivity contribution in [1.82, 2.24) is 15.5 Å². The minimum atomic E-state index is 0.598. The molecule has 0 amide bonds. The average Bonchev–Trinajstić information content (AvgIpc) is 3.14. The van der Waals surface area contributed by atoms with Crippen LogP contribution in [-0.4, -0.2) is 56.2 Å². The van der Waals surface area contributed by atoms with Gasteiger partial charge in [-0.2, -0.15) is 0 Å². The fraction of sp³-hybridized carbons (Fsp3) is 0.667. The molecule has 0 spiro atoms. The normalized spacial score (nSPS) is 20.5. The van der Waals surface area contributed by atoms with Crippen molar-refractivity contribution in [2.45, 2.75) is 52.0 Å². The van der Waals surface area contributed by atoms with E-state index in [1.165, 1.54) is 36.9 Å². The molecule has 1 unspecified atom stereocenters. The molecule has 2 aliphatic heterocycles. The van der Waals surface area contributed by atoms with Crippen LogP contribution >= 0.6 is 0 Å². The maximum Gasteiger partial charge on any atom is 0.191 e. The van der Waals surface area contributed by atoms with Crippen LogP contribution in [0.25, 0.3) is 0 Å². The van der Waals surface area contributed by atoms with Crippen molar-refractivity contribution in [1.29, 1.82) is 0 Å². The van der Waals surface area contributed by atoms with Gasteiger partial charge in [-0.25, -0.2) is 0 Å². The lowest BCUT2D eigenvalue weighted by Gasteiger charge is -2.33. The zero-order chi connectivity index (χ0) is 18.2. The average molecular weight is 359 g/mol. The number of benzene rings is 1. The number of likely N-dealkylation sites (N-methyl/N-ethyl adjacent to an activating group) is 1. The second kappa shape index (κ2) is 9.81. The minimum Gasteiger partial charge on any atom is -0.493 e. The molecule has 0 radical (unpaired) electrons. The number of aliphatic imine (C=N–C) groups is 1. The highest BCUT2D eigenvalue weighted by Gasteiger charge is 2.20. The summed E-state index contributed by atoms with van der Waals surface area (Å²) >= 11 is 0. The first kappa shape index (κ1) is 19.0. The largest absolute Gasteiger partial charge is 0.493 e. The second-order valence-electron chi connectivity index (χ2n) is 7.22. The fourth-order valence-electron chi connectivity index (χ4n) is 3.94. The molecule has 144 valence electrons. The molecular weight excluding hydrogens is 324 g/mol. The number of rotatable bonds is 7. The van der Waals surface area contributed by atoms with E-state index in [0.717, 1.165) is 57.3 Å². The molecule has 0 aliphatic carbocycles. The molecule has 0 bridgehead atoms. The standard InChI is InChI=1S/C21H34N4O/c1-3-22-21(24-16-19-7-5-6-13-25(19)4-2)23-12-10-17-8-9-20-18(15-17)11-14-26-20/h8-9,15,19H,3-7,10-14,16H2,1-2H3,(H2,22,23,24). The number of likely N-dealkylation sites (tertiary alicyclic amines) is 1. The van der Waals surface area contributed by atoms with Gasteiger partial charge in [-0.15, -0.1) is 0 Å². The summed E-state index contributed by atoms with van der Waals surface area (Å²) in [6.45, 7) is 10.2. The van der Waals surface area contributed by atoms with Crippen molar-refractivity contribution in [2.75, 3.05) is 39.3 Å². The van der Waals surface area contributed by atoms with E-state index in [4.69, 9.17) is 9.73 Å². The molecule has 5 nitrogen and oxygen atoms in total. The minimum absolute atomic E-state index is 0.598. The predicted octanol–water partition coefficient (Wildman–Crippen LogP) is 2.59. The SMILES string of the molecule is CCNC(=NCC1CCCCN1CC)NCCc1ccc2c(c1)CCO2. The summed E-state index contributed by atoms with van der Waals surface area (Å²) in [5.74, 6) is 2.00. The summed E-state index contributed by atoms with van der Waals surface area (Å²) < 4.78 is 5.59. The Hall–Kier alpha value is -1.75. The van der Waals surface area contributed by atoms with Gasteiger partial charge >= 0.3 is 0 Å². The zero-order valence-electron chi connectivity index (χ0n) is 16.4. The van der Waals surface area contributed by atoms with Crippen LogP contribution in [0.3, 0.4) is 0 Å². The maximum atomic E-state index is 5.59. The Morgan fingerprint density at radius 3 is 3.04 bits per heavy atom. The number of hydrogen-bond acceptors (Lipinski definition) is 3. The molecule has 2 N–H and O–H groups in total. The number of fused-ring (bicyclic) bond motifs is 1. The molecule has 1 aromatic rings. The maximum absolute atomic E-state index is 5.59. The van der Waals surface area contributed by atoms with E-state index in [1.54, 1.807) is 0 Å². The monoisotopic (exact) mass is 358 g/mol. The first-order chi connectivity index (χ1) is 12.8. The lowest BCUT2D eigenvalue weighted by Crippen LogP contribution is -2.43. The van der Waals surface area contributed by atoms with Crippen LogP contribution in [0.15, 0.2) is 23.2 Å². The third-order valence-electron chi connectivity index (χ3n) is 5.42. The first-order valence-corrected chi connectivity index (χ1v) is 10.3.